The highest BCUT2D eigenvalue weighted by atomic mass is 79.9. The minimum absolute atomic E-state index is 0.202. The SMILES string of the molecule is CCCNC(Cc1ccn(C(C)C)n1)c1ccc(Br)cn1. The van der Waals surface area contributed by atoms with E-state index in [4.69, 9.17) is 0 Å². The molecule has 2 aromatic rings. The van der Waals surface area contributed by atoms with Gasteiger partial charge in [-0.15, -0.1) is 0 Å². The van der Waals surface area contributed by atoms with Gasteiger partial charge in [-0.05, 0) is 60.9 Å². The van der Waals surface area contributed by atoms with E-state index in [1.165, 1.54) is 0 Å². The van der Waals surface area contributed by atoms with Crippen LogP contribution in [0.25, 0.3) is 0 Å². The highest BCUT2D eigenvalue weighted by Gasteiger charge is 2.15. The average Bonchev–Trinajstić information content (AvgIpc) is 2.93. The van der Waals surface area contributed by atoms with E-state index in [2.05, 4.69) is 64.2 Å². The van der Waals surface area contributed by atoms with Gasteiger partial charge in [0.1, 0.15) is 0 Å². The summed E-state index contributed by atoms with van der Waals surface area (Å²) in [4.78, 5) is 4.53. The van der Waals surface area contributed by atoms with Crippen molar-refractivity contribution in [2.75, 3.05) is 6.54 Å². The maximum Gasteiger partial charge on any atom is 0.0644 e. The Balaban J connectivity index is 2.13. The number of rotatable bonds is 7. The normalized spacial score (nSPS) is 12.8. The van der Waals surface area contributed by atoms with Crippen LogP contribution in [0.1, 0.15) is 50.7 Å². The Kier molecular flexibility index (Phi) is 5.94. The van der Waals surface area contributed by atoms with Gasteiger partial charge in [0.15, 0.2) is 0 Å². The monoisotopic (exact) mass is 350 g/mol. The van der Waals surface area contributed by atoms with Gasteiger partial charge in [0.2, 0.25) is 0 Å². The third-order valence-corrected chi connectivity index (χ3v) is 3.82. The van der Waals surface area contributed by atoms with Crippen molar-refractivity contribution in [3.63, 3.8) is 0 Å². The van der Waals surface area contributed by atoms with Gasteiger partial charge in [-0.25, -0.2) is 0 Å². The smallest absolute Gasteiger partial charge is 0.0644 e. The molecule has 1 N–H and O–H groups in total. The Morgan fingerprint density at radius 1 is 1.29 bits per heavy atom. The summed E-state index contributed by atoms with van der Waals surface area (Å²) in [5.41, 5.74) is 2.16. The molecule has 0 saturated heterocycles. The van der Waals surface area contributed by atoms with Crippen LogP contribution in [0.15, 0.2) is 35.1 Å². The number of pyridine rings is 1. The summed E-state index contributed by atoms with van der Waals surface area (Å²) < 4.78 is 3.01. The molecule has 4 nitrogen and oxygen atoms in total. The van der Waals surface area contributed by atoms with E-state index in [1.807, 2.05) is 23.1 Å². The van der Waals surface area contributed by atoms with Gasteiger partial charge in [0, 0.05) is 29.3 Å². The maximum atomic E-state index is 4.64. The van der Waals surface area contributed by atoms with Crippen LogP contribution in [0, 0.1) is 0 Å². The molecule has 1 atom stereocenters. The zero-order valence-corrected chi connectivity index (χ0v) is 14.5. The maximum absolute atomic E-state index is 4.64. The van der Waals surface area contributed by atoms with Crippen molar-refractivity contribution in [2.24, 2.45) is 0 Å². The van der Waals surface area contributed by atoms with Crippen LogP contribution in [0.4, 0.5) is 0 Å². The van der Waals surface area contributed by atoms with Crippen molar-refractivity contribution in [1.82, 2.24) is 20.1 Å². The van der Waals surface area contributed by atoms with Crippen LogP contribution in [0.3, 0.4) is 0 Å². The molecule has 2 aromatic heterocycles. The molecule has 0 fully saturated rings. The highest BCUT2D eigenvalue weighted by Crippen LogP contribution is 2.18. The number of halogens is 1. The lowest BCUT2D eigenvalue weighted by Gasteiger charge is -2.17. The molecule has 0 bridgehead atoms. The molecule has 2 heterocycles. The van der Waals surface area contributed by atoms with Crippen LogP contribution < -0.4 is 5.32 Å². The lowest BCUT2D eigenvalue weighted by Crippen LogP contribution is -2.25. The predicted molar refractivity (Wildman–Crippen MR) is 89.3 cm³/mol. The predicted octanol–water partition coefficient (Wildman–Crippen LogP) is 3.90. The van der Waals surface area contributed by atoms with Gasteiger partial charge in [-0.3, -0.25) is 9.67 Å². The summed E-state index contributed by atoms with van der Waals surface area (Å²) in [6.45, 7) is 7.43. The third kappa shape index (κ3) is 4.64. The van der Waals surface area contributed by atoms with E-state index >= 15 is 0 Å². The molecule has 0 amide bonds. The Bertz CT molecular complexity index is 548. The molecule has 0 spiro atoms. The van der Waals surface area contributed by atoms with E-state index in [9.17, 15) is 0 Å². The van der Waals surface area contributed by atoms with Gasteiger partial charge in [-0.2, -0.15) is 5.10 Å². The van der Waals surface area contributed by atoms with Crippen molar-refractivity contribution < 1.29 is 0 Å². The molecule has 21 heavy (non-hydrogen) atoms. The zero-order chi connectivity index (χ0) is 15.2. The second kappa shape index (κ2) is 7.71. The Hall–Kier alpha value is -1.20. The van der Waals surface area contributed by atoms with Gasteiger partial charge < -0.3 is 5.32 Å². The lowest BCUT2D eigenvalue weighted by atomic mass is 10.1. The minimum Gasteiger partial charge on any atom is -0.308 e. The van der Waals surface area contributed by atoms with Crippen molar-refractivity contribution in [3.05, 3.63) is 46.5 Å². The Morgan fingerprint density at radius 3 is 2.67 bits per heavy atom. The largest absolute Gasteiger partial charge is 0.308 e. The number of aromatic nitrogens is 3. The average molecular weight is 351 g/mol. The van der Waals surface area contributed by atoms with Gasteiger partial charge >= 0.3 is 0 Å². The van der Waals surface area contributed by atoms with E-state index in [-0.39, 0.29) is 6.04 Å². The fourth-order valence-electron chi connectivity index (χ4n) is 2.18. The van der Waals surface area contributed by atoms with Crippen LogP contribution in [-0.4, -0.2) is 21.3 Å². The molecule has 0 saturated carbocycles. The first-order chi connectivity index (χ1) is 10.1. The highest BCUT2D eigenvalue weighted by molar-refractivity contribution is 9.10. The molecule has 0 aliphatic heterocycles. The standard InChI is InChI=1S/C16H23BrN4/c1-4-8-18-16(15-6-5-13(17)11-19-15)10-14-7-9-21(20-14)12(2)3/h5-7,9,11-12,16,18H,4,8,10H2,1-3H3. The summed E-state index contributed by atoms with van der Waals surface area (Å²) in [6, 6.07) is 6.80. The van der Waals surface area contributed by atoms with E-state index in [0.29, 0.717) is 6.04 Å². The number of hydrogen-bond donors (Lipinski definition) is 1. The third-order valence-electron chi connectivity index (χ3n) is 3.35. The molecular weight excluding hydrogens is 328 g/mol. The molecule has 114 valence electrons. The lowest BCUT2D eigenvalue weighted by molar-refractivity contribution is 0.493. The van der Waals surface area contributed by atoms with E-state index in [0.717, 1.165) is 35.2 Å². The van der Waals surface area contributed by atoms with E-state index in [1.54, 1.807) is 0 Å². The first-order valence-electron chi connectivity index (χ1n) is 7.49. The number of nitrogens with zero attached hydrogens (tertiary/aromatic N) is 3. The fraction of sp³-hybridized carbons (Fsp3) is 0.500. The molecule has 1 unspecified atom stereocenters. The molecule has 5 heteroatoms. The van der Waals surface area contributed by atoms with Crippen molar-refractivity contribution in [2.45, 2.75) is 45.7 Å². The van der Waals surface area contributed by atoms with Crippen LogP contribution >= 0.6 is 15.9 Å². The number of nitrogens with one attached hydrogen (secondary N) is 1. The topological polar surface area (TPSA) is 42.7 Å². The molecule has 0 aromatic carbocycles. The summed E-state index contributed by atoms with van der Waals surface area (Å²) in [5.74, 6) is 0. The molecular formula is C16H23BrN4. The zero-order valence-electron chi connectivity index (χ0n) is 12.9. The summed E-state index contributed by atoms with van der Waals surface area (Å²) in [7, 11) is 0. The van der Waals surface area contributed by atoms with Crippen molar-refractivity contribution in [3.8, 4) is 0 Å². The summed E-state index contributed by atoms with van der Waals surface area (Å²) in [6.07, 6.45) is 5.86. The van der Waals surface area contributed by atoms with Crippen molar-refractivity contribution in [1.29, 1.82) is 0 Å². The first-order valence-corrected chi connectivity index (χ1v) is 8.28. The molecule has 0 radical (unpaired) electrons. The van der Waals surface area contributed by atoms with Crippen molar-refractivity contribution >= 4 is 15.9 Å². The van der Waals surface area contributed by atoms with Gasteiger partial charge in [0.25, 0.3) is 0 Å². The minimum atomic E-state index is 0.202. The van der Waals surface area contributed by atoms with Gasteiger partial charge in [-0.1, -0.05) is 6.92 Å². The quantitative estimate of drug-likeness (QED) is 0.823. The molecule has 0 aliphatic rings. The summed E-state index contributed by atoms with van der Waals surface area (Å²) >= 11 is 3.43. The van der Waals surface area contributed by atoms with E-state index < -0.39 is 0 Å². The first kappa shape index (κ1) is 16.2. The van der Waals surface area contributed by atoms with Crippen LogP contribution in [0.5, 0.6) is 0 Å². The number of hydrogen-bond acceptors (Lipinski definition) is 3. The van der Waals surface area contributed by atoms with Crippen LogP contribution in [0.2, 0.25) is 0 Å². The molecule has 2 rings (SSSR count). The second-order valence-corrected chi connectivity index (χ2v) is 6.41. The van der Waals surface area contributed by atoms with Gasteiger partial charge in [0.05, 0.1) is 17.4 Å². The second-order valence-electron chi connectivity index (χ2n) is 5.49. The fourth-order valence-corrected chi connectivity index (χ4v) is 2.41. The Labute approximate surface area is 135 Å². The van der Waals surface area contributed by atoms with Crippen LogP contribution in [-0.2, 0) is 6.42 Å². The molecule has 0 aliphatic carbocycles. The Morgan fingerprint density at radius 2 is 2.10 bits per heavy atom. The summed E-state index contributed by atoms with van der Waals surface area (Å²) in [5, 5.41) is 8.21.